The predicted octanol–water partition coefficient (Wildman–Crippen LogP) is 1.57. The molecule has 3 nitrogen and oxygen atoms in total. The lowest BCUT2D eigenvalue weighted by Crippen LogP contribution is -3.00. The molecule has 0 bridgehead atoms. The Labute approximate surface area is 134 Å². The van der Waals surface area contributed by atoms with Crippen molar-refractivity contribution in [3.8, 4) is 11.3 Å². The van der Waals surface area contributed by atoms with Gasteiger partial charge in [0.05, 0.1) is 5.69 Å². The largest absolute Gasteiger partial charge is 1.00 e. The van der Waals surface area contributed by atoms with E-state index in [9.17, 15) is 0 Å². The summed E-state index contributed by atoms with van der Waals surface area (Å²) in [6.45, 7) is 4.22. The Morgan fingerprint density at radius 3 is 2.67 bits per heavy atom. The highest BCUT2D eigenvalue weighted by molar-refractivity contribution is 7.14. The molecule has 3 rings (SSSR count). The maximum Gasteiger partial charge on any atom is 0.188 e. The predicted molar refractivity (Wildman–Crippen MR) is 84.5 cm³/mol. The van der Waals surface area contributed by atoms with Crippen LogP contribution in [0.5, 0.6) is 0 Å². The first-order valence-corrected chi connectivity index (χ1v) is 7.31. The average molecular weight is 317 g/mol. The topological polar surface area (TPSA) is 37.8 Å². The number of thiazole rings is 1. The number of rotatable bonds is 3. The molecular formula is C16H15ClN3S-. The van der Waals surface area contributed by atoms with E-state index in [0.717, 1.165) is 16.6 Å². The zero-order valence-electron chi connectivity index (χ0n) is 11.8. The number of hydrogen-bond acceptors (Lipinski definition) is 4. The maximum atomic E-state index is 4.63. The van der Waals surface area contributed by atoms with Gasteiger partial charge in [-0.15, -0.1) is 11.3 Å². The summed E-state index contributed by atoms with van der Waals surface area (Å²) in [6.07, 6.45) is 1.76. The van der Waals surface area contributed by atoms with Crippen LogP contribution in [0, 0.1) is 13.8 Å². The molecule has 0 atom stereocenters. The summed E-state index contributed by atoms with van der Waals surface area (Å²) in [5.74, 6) is 0.814. The summed E-state index contributed by atoms with van der Waals surface area (Å²) in [6, 6.07) is 12.2. The van der Waals surface area contributed by atoms with Crippen molar-refractivity contribution in [1.82, 2.24) is 9.97 Å². The Morgan fingerprint density at radius 1 is 1.10 bits per heavy atom. The average Bonchev–Trinajstić information content (AvgIpc) is 2.88. The fraction of sp³-hybridized carbons (Fsp3) is 0.125. The highest BCUT2D eigenvalue weighted by atomic mass is 35.5. The van der Waals surface area contributed by atoms with Crippen molar-refractivity contribution >= 4 is 22.3 Å². The van der Waals surface area contributed by atoms with Crippen LogP contribution in [0.4, 0.5) is 10.9 Å². The lowest BCUT2D eigenvalue weighted by atomic mass is 10.0. The van der Waals surface area contributed by atoms with Crippen LogP contribution in [-0.4, -0.2) is 9.97 Å². The molecule has 0 saturated carbocycles. The molecule has 2 aromatic heterocycles. The molecule has 0 spiro atoms. The summed E-state index contributed by atoms with van der Waals surface area (Å²) in [4.78, 5) is 8.87. The smallest absolute Gasteiger partial charge is 0.188 e. The SMILES string of the molecule is Cc1ccc(-c2csc(Nc3ccccn3)n2)c(C)c1.[Cl-]. The molecule has 0 saturated heterocycles. The quantitative estimate of drug-likeness (QED) is 0.797. The van der Waals surface area contributed by atoms with Crippen molar-refractivity contribution in [2.24, 2.45) is 0 Å². The molecule has 21 heavy (non-hydrogen) atoms. The number of nitrogens with one attached hydrogen (secondary N) is 1. The molecule has 0 amide bonds. The zero-order valence-corrected chi connectivity index (χ0v) is 13.4. The van der Waals surface area contributed by atoms with Crippen molar-refractivity contribution in [2.75, 3.05) is 5.32 Å². The van der Waals surface area contributed by atoms with Gasteiger partial charge in [-0.25, -0.2) is 9.97 Å². The van der Waals surface area contributed by atoms with Gasteiger partial charge >= 0.3 is 0 Å². The fourth-order valence-electron chi connectivity index (χ4n) is 2.10. The summed E-state index contributed by atoms with van der Waals surface area (Å²) in [5, 5.41) is 6.15. The molecule has 3 aromatic rings. The van der Waals surface area contributed by atoms with Crippen molar-refractivity contribution in [3.63, 3.8) is 0 Å². The van der Waals surface area contributed by atoms with Crippen LogP contribution in [0.2, 0.25) is 0 Å². The minimum atomic E-state index is 0. The number of nitrogens with zero attached hydrogens (tertiary/aromatic N) is 2. The van der Waals surface area contributed by atoms with E-state index in [1.807, 2.05) is 18.2 Å². The van der Waals surface area contributed by atoms with E-state index in [4.69, 9.17) is 0 Å². The number of benzene rings is 1. The summed E-state index contributed by atoms with van der Waals surface area (Å²) < 4.78 is 0. The van der Waals surface area contributed by atoms with Gasteiger partial charge in [0.1, 0.15) is 5.82 Å². The molecular weight excluding hydrogens is 302 g/mol. The van der Waals surface area contributed by atoms with Gasteiger partial charge in [-0.05, 0) is 31.5 Å². The first kappa shape index (κ1) is 15.5. The summed E-state index contributed by atoms with van der Waals surface area (Å²) in [7, 11) is 0. The molecule has 0 fully saturated rings. The highest BCUT2D eigenvalue weighted by Crippen LogP contribution is 2.29. The standard InChI is InChI=1S/C16H15N3S.ClH/c1-11-6-7-13(12(2)9-11)14-10-20-16(18-14)19-15-5-3-4-8-17-15;/h3-10H,1-2H3,(H,17,18,19);1H/p-1. The van der Waals surface area contributed by atoms with E-state index >= 15 is 0 Å². The normalized spacial score (nSPS) is 10.0. The van der Waals surface area contributed by atoms with Crippen LogP contribution in [0.3, 0.4) is 0 Å². The minimum Gasteiger partial charge on any atom is -1.00 e. The van der Waals surface area contributed by atoms with E-state index < -0.39 is 0 Å². The van der Waals surface area contributed by atoms with Gasteiger partial charge in [0.25, 0.3) is 0 Å². The molecule has 0 radical (unpaired) electrons. The van der Waals surface area contributed by atoms with E-state index in [-0.39, 0.29) is 12.4 Å². The molecule has 0 aliphatic carbocycles. The minimum absolute atomic E-state index is 0. The van der Waals surface area contributed by atoms with E-state index in [1.165, 1.54) is 16.7 Å². The third kappa shape index (κ3) is 3.60. The monoisotopic (exact) mass is 316 g/mol. The molecule has 0 aliphatic rings. The van der Waals surface area contributed by atoms with Crippen LogP contribution >= 0.6 is 11.3 Å². The number of hydrogen-bond donors (Lipinski definition) is 1. The second-order valence-electron chi connectivity index (χ2n) is 4.70. The molecule has 2 heterocycles. The van der Waals surface area contributed by atoms with Gasteiger partial charge in [0, 0.05) is 17.1 Å². The van der Waals surface area contributed by atoms with Crippen LogP contribution < -0.4 is 17.7 Å². The maximum absolute atomic E-state index is 4.63. The van der Waals surface area contributed by atoms with E-state index in [0.29, 0.717) is 0 Å². The lowest BCUT2D eigenvalue weighted by molar-refractivity contribution is -0.00000418. The first-order valence-electron chi connectivity index (χ1n) is 6.43. The van der Waals surface area contributed by atoms with E-state index in [2.05, 4.69) is 52.7 Å². The van der Waals surface area contributed by atoms with Crippen molar-refractivity contribution in [3.05, 3.63) is 59.1 Å². The van der Waals surface area contributed by atoms with Crippen molar-refractivity contribution < 1.29 is 12.4 Å². The highest BCUT2D eigenvalue weighted by Gasteiger charge is 2.07. The Kier molecular flexibility index (Phi) is 4.94. The van der Waals surface area contributed by atoms with Crippen LogP contribution in [0.15, 0.2) is 48.0 Å². The first-order chi connectivity index (χ1) is 9.72. The Bertz CT molecular complexity index is 725. The Morgan fingerprint density at radius 2 is 1.95 bits per heavy atom. The van der Waals surface area contributed by atoms with Crippen LogP contribution in [-0.2, 0) is 0 Å². The third-order valence-corrected chi connectivity index (χ3v) is 3.82. The van der Waals surface area contributed by atoms with Gasteiger partial charge in [-0.1, -0.05) is 29.8 Å². The van der Waals surface area contributed by atoms with Crippen molar-refractivity contribution in [2.45, 2.75) is 13.8 Å². The molecule has 108 valence electrons. The van der Waals surface area contributed by atoms with Gasteiger partial charge < -0.3 is 17.7 Å². The number of anilines is 2. The molecule has 0 aliphatic heterocycles. The van der Waals surface area contributed by atoms with Crippen LogP contribution in [0.1, 0.15) is 11.1 Å². The molecule has 0 unspecified atom stereocenters. The van der Waals surface area contributed by atoms with Crippen LogP contribution in [0.25, 0.3) is 11.3 Å². The third-order valence-electron chi connectivity index (χ3n) is 3.06. The summed E-state index contributed by atoms with van der Waals surface area (Å²) >= 11 is 1.59. The number of aromatic nitrogens is 2. The molecule has 1 aromatic carbocycles. The molecule has 1 N–H and O–H groups in total. The molecule has 5 heteroatoms. The van der Waals surface area contributed by atoms with Gasteiger partial charge in [0.15, 0.2) is 5.13 Å². The fourth-order valence-corrected chi connectivity index (χ4v) is 2.82. The second-order valence-corrected chi connectivity index (χ2v) is 5.55. The van der Waals surface area contributed by atoms with Gasteiger partial charge in [0.2, 0.25) is 0 Å². The van der Waals surface area contributed by atoms with Gasteiger partial charge in [-0.2, -0.15) is 0 Å². The second kappa shape index (κ2) is 6.70. The number of pyridine rings is 1. The van der Waals surface area contributed by atoms with Gasteiger partial charge in [-0.3, -0.25) is 0 Å². The van der Waals surface area contributed by atoms with Crippen molar-refractivity contribution in [1.29, 1.82) is 0 Å². The van der Waals surface area contributed by atoms with E-state index in [1.54, 1.807) is 17.5 Å². The lowest BCUT2D eigenvalue weighted by Gasteiger charge is -2.03. The Balaban J connectivity index is 0.00000161. The zero-order chi connectivity index (χ0) is 13.9. The number of aryl methyl sites for hydroxylation is 2. The number of halogens is 1. The Hall–Kier alpha value is -1.91. The summed E-state index contributed by atoms with van der Waals surface area (Å²) in [5.41, 5.74) is 4.71.